The fraction of sp³-hybridized carbons (Fsp3) is 0.167. The number of fused-ring (bicyclic) bond motifs is 1. The molecule has 0 aliphatic carbocycles. The van der Waals surface area contributed by atoms with Crippen LogP contribution in [0.1, 0.15) is 0 Å². The molecule has 0 bridgehead atoms. The summed E-state index contributed by atoms with van der Waals surface area (Å²) >= 11 is 0. The maximum atomic E-state index is 11.0. The molecule has 2 aromatic rings. The Labute approximate surface area is 93.3 Å². The highest BCUT2D eigenvalue weighted by Crippen LogP contribution is 2.33. The van der Waals surface area contributed by atoms with E-state index in [0.29, 0.717) is 5.39 Å². The van der Waals surface area contributed by atoms with Gasteiger partial charge in [-0.3, -0.25) is 10.1 Å². The highest BCUT2D eigenvalue weighted by atomic mass is 16.6. The van der Waals surface area contributed by atoms with Gasteiger partial charge in [0.15, 0.2) is 0 Å². The van der Waals surface area contributed by atoms with E-state index >= 15 is 0 Å². The second-order valence-corrected chi connectivity index (χ2v) is 3.80. The molecule has 16 heavy (non-hydrogen) atoms. The van der Waals surface area contributed by atoms with Gasteiger partial charge in [-0.25, -0.2) is 0 Å². The van der Waals surface area contributed by atoms with Crippen molar-refractivity contribution in [3.63, 3.8) is 0 Å². The molecule has 82 valence electrons. The van der Waals surface area contributed by atoms with Crippen molar-refractivity contribution >= 4 is 22.1 Å². The van der Waals surface area contributed by atoms with E-state index in [1.54, 1.807) is 6.07 Å². The highest BCUT2D eigenvalue weighted by Gasteiger charge is 2.15. The summed E-state index contributed by atoms with van der Waals surface area (Å²) in [6.45, 7) is 0. The van der Waals surface area contributed by atoms with E-state index in [4.69, 9.17) is 0 Å². The van der Waals surface area contributed by atoms with Crippen molar-refractivity contribution in [1.29, 1.82) is 0 Å². The average Bonchev–Trinajstić information content (AvgIpc) is 2.27. The van der Waals surface area contributed by atoms with Crippen LogP contribution in [0.5, 0.6) is 0 Å². The Hall–Kier alpha value is -2.10. The topological polar surface area (TPSA) is 46.4 Å². The molecule has 0 aromatic heterocycles. The van der Waals surface area contributed by atoms with Crippen molar-refractivity contribution in [3.05, 3.63) is 46.5 Å². The van der Waals surface area contributed by atoms with Gasteiger partial charge < -0.3 is 4.90 Å². The molecular weight excluding hydrogens is 204 g/mol. The Morgan fingerprint density at radius 1 is 1.12 bits per heavy atom. The van der Waals surface area contributed by atoms with E-state index in [-0.39, 0.29) is 10.6 Å². The minimum Gasteiger partial charge on any atom is -0.377 e. The van der Waals surface area contributed by atoms with Crippen molar-refractivity contribution in [2.45, 2.75) is 0 Å². The fourth-order valence-electron chi connectivity index (χ4n) is 1.83. The Morgan fingerprint density at radius 2 is 1.75 bits per heavy atom. The predicted octanol–water partition coefficient (Wildman–Crippen LogP) is 2.81. The summed E-state index contributed by atoms with van der Waals surface area (Å²) in [6.07, 6.45) is 0. The summed E-state index contributed by atoms with van der Waals surface area (Å²) in [5.74, 6) is 0. The molecular formula is C12H12N2O2. The summed E-state index contributed by atoms with van der Waals surface area (Å²) in [7, 11) is 3.76. The third kappa shape index (κ3) is 1.58. The van der Waals surface area contributed by atoms with Gasteiger partial charge in [0.05, 0.1) is 16.0 Å². The van der Waals surface area contributed by atoms with Crippen molar-refractivity contribution in [2.24, 2.45) is 0 Å². The molecule has 0 heterocycles. The maximum Gasteiger partial charge on any atom is 0.279 e. The number of nitro benzene ring substituents is 1. The average molecular weight is 216 g/mol. The molecule has 0 spiro atoms. The zero-order valence-corrected chi connectivity index (χ0v) is 9.18. The lowest BCUT2D eigenvalue weighted by Gasteiger charge is -2.15. The van der Waals surface area contributed by atoms with Gasteiger partial charge in [-0.05, 0) is 11.5 Å². The van der Waals surface area contributed by atoms with Crippen molar-refractivity contribution in [2.75, 3.05) is 19.0 Å². The SMILES string of the molecule is CN(C)c1cccc2cccc([N+](=O)[O-])c12. The van der Waals surface area contributed by atoms with E-state index in [1.807, 2.05) is 43.3 Å². The molecule has 4 nitrogen and oxygen atoms in total. The molecule has 2 rings (SSSR count). The molecule has 0 aliphatic heterocycles. The van der Waals surface area contributed by atoms with Gasteiger partial charge in [0.25, 0.3) is 5.69 Å². The van der Waals surface area contributed by atoms with E-state index in [9.17, 15) is 10.1 Å². The zero-order chi connectivity index (χ0) is 11.7. The fourth-order valence-corrected chi connectivity index (χ4v) is 1.83. The van der Waals surface area contributed by atoms with Gasteiger partial charge in [-0.15, -0.1) is 0 Å². The van der Waals surface area contributed by atoms with E-state index < -0.39 is 0 Å². The first kappa shape index (κ1) is 10.4. The number of non-ortho nitro benzene ring substituents is 1. The molecule has 0 aliphatic rings. The Kier molecular flexibility index (Phi) is 2.48. The van der Waals surface area contributed by atoms with Crippen molar-refractivity contribution in [3.8, 4) is 0 Å². The van der Waals surface area contributed by atoms with E-state index in [2.05, 4.69) is 0 Å². The number of benzene rings is 2. The van der Waals surface area contributed by atoms with Crippen molar-refractivity contribution < 1.29 is 4.92 Å². The maximum absolute atomic E-state index is 11.0. The smallest absolute Gasteiger partial charge is 0.279 e. The second kappa shape index (κ2) is 3.81. The zero-order valence-electron chi connectivity index (χ0n) is 9.18. The molecule has 0 fully saturated rings. The van der Waals surface area contributed by atoms with Crippen LogP contribution in [0.25, 0.3) is 10.8 Å². The molecule has 2 aromatic carbocycles. The number of rotatable bonds is 2. The van der Waals surface area contributed by atoms with Crippen molar-refractivity contribution in [1.82, 2.24) is 0 Å². The highest BCUT2D eigenvalue weighted by molar-refractivity contribution is 6.00. The third-order valence-corrected chi connectivity index (χ3v) is 2.54. The van der Waals surface area contributed by atoms with E-state index in [0.717, 1.165) is 11.1 Å². The van der Waals surface area contributed by atoms with Crippen LogP contribution >= 0.6 is 0 Å². The van der Waals surface area contributed by atoms with Crippen LogP contribution in [0.2, 0.25) is 0 Å². The Morgan fingerprint density at radius 3 is 2.31 bits per heavy atom. The lowest BCUT2D eigenvalue weighted by Crippen LogP contribution is -2.09. The quantitative estimate of drug-likeness (QED) is 0.572. The van der Waals surface area contributed by atoms with Gasteiger partial charge >= 0.3 is 0 Å². The minimum atomic E-state index is -0.338. The van der Waals surface area contributed by atoms with Gasteiger partial charge in [-0.2, -0.15) is 0 Å². The molecule has 0 unspecified atom stereocenters. The molecule has 0 amide bonds. The first-order valence-corrected chi connectivity index (χ1v) is 4.94. The van der Waals surface area contributed by atoms with Crippen LogP contribution in [0.15, 0.2) is 36.4 Å². The third-order valence-electron chi connectivity index (χ3n) is 2.54. The Bertz CT molecular complexity index is 544. The molecule has 0 radical (unpaired) electrons. The van der Waals surface area contributed by atoms with Gasteiger partial charge in [0, 0.05) is 20.2 Å². The Balaban J connectivity index is 2.87. The van der Waals surface area contributed by atoms with Crippen LogP contribution in [0, 0.1) is 10.1 Å². The molecule has 0 saturated carbocycles. The number of hydrogen-bond acceptors (Lipinski definition) is 3. The van der Waals surface area contributed by atoms with Crippen LogP contribution in [-0.4, -0.2) is 19.0 Å². The van der Waals surface area contributed by atoms with Gasteiger partial charge in [0.2, 0.25) is 0 Å². The van der Waals surface area contributed by atoms with Crippen LogP contribution in [-0.2, 0) is 0 Å². The summed E-state index contributed by atoms with van der Waals surface area (Å²) in [5.41, 5.74) is 1.02. The number of nitrogens with zero attached hydrogens (tertiary/aromatic N) is 2. The minimum absolute atomic E-state index is 0.154. The first-order valence-electron chi connectivity index (χ1n) is 4.94. The summed E-state index contributed by atoms with van der Waals surface area (Å²) in [4.78, 5) is 12.5. The molecule has 4 heteroatoms. The first-order chi connectivity index (χ1) is 7.61. The van der Waals surface area contributed by atoms with Gasteiger partial charge in [0.1, 0.15) is 0 Å². The lowest BCUT2D eigenvalue weighted by molar-refractivity contribution is -0.383. The molecule has 0 saturated heterocycles. The van der Waals surface area contributed by atoms with Gasteiger partial charge in [-0.1, -0.05) is 24.3 Å². The van der Waals surface area contributed by atoms with Crippen LogP contribution < -0.4 is 4.90 Å². The molecule has 0 atom stereocenters. The van der Waals surface area contributed by atoms with E-state index in [1.165, 1.54) is 6.07 Å². The normalized spacial score (nSPS) is 10.4. The molecule has 0 N–H and O–H groups in total. The number of hydrogen-bond donors (Lipinski definition) is 0. The summed E-state index contributed by atoms with van der Waals surface area (Å²) < 4.78 is 0. The second-order valence-electron chi connectivity index (χ2n) is 3.80. The van der Waals surface area contributed by atoms with Crippen LogP contribution in [0.4, 0.5) is 11.4 Å². The number of nitro groups is 1. The number of anilines is 1. The lowest BCUT2D eigenvalue weighted by atomic mass is 10.1. The summed E-state index contributed by atoms with van der Waals surface area (Å²) in [5, 5.41) is 12.6. The monoisotopic (exact) mass is 216 g/mol. The predicted molar refractivity (Wildman–Crippen MR) is 64.9 cm³/mol. The largest absolute Gasteiger partial charge is 0.377 e. The summed E-state index contributed by atoms with van der Waals surface area (Å²) in [6, 6.07) is 10.8. The standard InChI is InChI=1S/C12H12N2O2/c1-13(2)10-7-3-5-9-6-4-8-11(12(9)10)14(15)16/h3-8H,1-2H3. The van der Waals surface area contributed by atoms with Crippen LogP contribution in [0.3, 0.4) is 0 Å².